The second-order valence-electron chi connectivity index (χ2n) is 6.05. The fraction of sp³-hybridized carbons (Fsp3) is 0.400. The third-order valence-corrected chi connectivity index (χ3v) is 4.35. The van der Waals surface area contributed by atoms with Crippen LogP contribution in [-0.4, -0.2) is 19.2 Å². The van der Waals surface area contributed by atoms with E-state index >= 15 is 0 Å². The van der Waals surface area contributed by atoms with Crippen LogP contribution in [0.15, 0.2) is 54.6 Å². The van der Waals surface area contributed by atoms with Crippen molar-refractivity contribution in [3.63, 3.8) is 0 Å². The van der Waals surface area contributed by atoms with Crippen LogP contribution >= 0.6 is 0 Å². The normalized spacial score (nSPS) is 18.3. The molecular formula is C20H25NO. The largest absolute Gasteiger partial charge is 0.377 e. The molecule has 0 bridgehead atoms. The summed E-state index contributed by atoms with van der Waals surface area (Å²) < 4.78 is 5.83. The first-order valence-electron chi connectivity index (χ1n) is 8.37. The van der Waals surface area contributed by atoms with Gasteiger partial charge >= 0.3 is 0 Å². The van der Waals surface area contributed by atoms with Gasteiger partial charge in [-0.15, -0.1) is 0 Å². The van der Waals surface area contributed by atoms with Gasteiger partial charge in [0.15, 0.2) is 0 Å². The van der Waals surface area contributed by atoms with Crippen molar-refractivity contribution < 1.29 is 4.74 Å². The van der Waals surface area contributed by atoms with Gasteiger partial charge in [0.1, 0.15) is 0 Å². The zero-order chi connectivity index (χ0) is 15.0. The van der Waals surface area contributed by atoms with E-state index in [1.165, 1.54) is 42.5 Å². The molecule has 1 heterocycles. The summed E-state index contributed by atoms with van der Waals surface area (Å²) in [5, 5.41) is 3.56. The van der Waals surface area contributed by atoms with Crippen molar-refractivity contribution >= 4 is 0 Å². The van der Waals surface area contributed by atoms with E-state index in [1.807, 2.05) is 6.07 Å². The van der Waals surface area contributed by atoms with Gasteiger partial charge in [-0.05, 0) is 42.5 Å². The molecule has 0 aliphatic carbocycles. The molecular weight excluding hydrogens is 270 g/mol. The van der Waals surface area contributed by atoms with Crippen LogP contribution in [0.25, 0.3) is 11.1 Å². The van der Waals surface area contributed by atoms with Crippen molar-refractivity contribution in [1.82, 2.24) is 5.32 Å². The van der Waals surface area contributed by atoms with E-state index in [-0.39, 0.29) is 0 Å². The highest BCUT2D eigenvalue weighted by molar-refractivity contribution is 5.63. The molecule has 2 aromatic rings. The second-order valence-corrected chi connectivity index (χ2v) is 6.05. The van der Waals surface area contributed by atoms with Gasteiger partial charge in [-0.3, -0.25) is 0 Å². The number of benzene rings is 2. The van der Waals surface area contributed by atoms with Gasteiger partial charge in [0, 0.05) is 12.6 Å². The molecule has 0 spiro atoms. The number of ether oxygens (including phenoxy) is 1. The maximum Gasteiger partial charge on any atom is 0.0716 e. The average molecular weight is 295 g/mol. The molecule has 1 atom stereocenters. The molecule has 2 heteroatoms. The molecule has 1 unspecified atom stereocenters. The van der Waals surface area contributed by atoms with E-state index in [0.29, 0.717) is 12.6 Å². The molecule has 0 aromatic heterocycles. The summed E-state index contributed by atoms with van der Waals surface area (Å²) in [6, 6.07) is 19.8. The molecule has 2 aromatic carbocycles. The van der Waals surface area contributed by atoms with E-state index in [4.69, 9.17) is 4.74 Å². The van der Waals surface area contributed by atoms with E-state index in [1.54, 1.807) is 0 Å². The Balaban J connectivity index is 1.43. The standard InChI is InChI=1S/C20H25NO/c1-2-6-18(7-3-1)19-11-9-17(10-12-19)16-22-15-13-20-8-4-5-14-21-20/h1-3,6-7,9-12,20-21H,4-5,8,13-16H2. The smallest absolute Gasteiger partial charge is 0.0716 e. The molecule has 0 amide bonds. The summed E-state index contributed by atoms with van der Waals surface area (Å²) in [5.74, 6) is 0. The minimum Gasteiger partial charge on any atom is -0.377 e. The van der Waals surface area contributed by atoms with Crippen LogP contribution in [0.4, 0.5) is 0 Å². The van der Waals surface area contributed by atoms with Crippen molar-refractivity contribution in [2.24, 2.45) is 0 Å². The number of nitrogens with one attached hydrogen (secondary N) is 1. The Hall–Kier alpha value is -1.64. The van der Waals surface area contributed by atoms with Crippen molar-refractivity contribution in [1.29, 1.82) is 0 Å². The lowest BCUT2D eigenvalue weighted by molar-refractivity contribution is 0.108. The number of hydrogen-bond donors (Lipinski definition) is 1. The summed E-state index contributed by atoms with van der Waals surface area (Å²) in [7, 11) is 0. The molecule has 1 fully saturated rings. The Morgan fingerprint density at radius 1 is 0.909 bits per heavy atom. The minimum absolute atomic E-state index is 0.661. The summed E-state index contributed by atoms with van der Waals surface area (Å²) in [6.07, 6.45) is 5.11. The first-order chi connectivity index (χ1) is 10.9. The molecule has 2 nitrogen and oxygen atoms in total. The molecule has 1 saturated heterocycles. The summed E-state index contributed by atoms with van der Waals surface area (Å²) >= 11 is 0. The predicted octanol–water partition coefficient (Wildman–Crippen LogP) is 4.40. The Bertz CT molecular complexity index is 544. The van der Waals surface area contributed by atoms with E-state index in [0.717, 1.165) is 13.0 Å². The molecule has 22 heavy (non-hydrogen) atoms. The van der Waals surface area contributed by atoms with Crippen LogP contribution < -0.4 is 5.32 Å². The Morgan fingerprint density at radius 3 is 2.41 bits per heavy atom. The third-order valence-electron chi connectivity index (χ3n) is 4.35. The minimum atomic E-state index is 0.661. The second kappa shape index (κ2) is 8.11. The number of hydrogen-bond acceptors (Lipinski definition) is 2. The van der Waals surface area contributed by atoms with Gasteiger partial charge in [-0.2, -0.15) is 0 Å². The van der Waals surface area contributed by atoms with Crippen LogP contribution in [0.2, 0.25) is 0 Å². The van der Waals surface area contributed by atoms with Crippen molar-refractivity contribution in [2.75, 3.05) is 13.2 Å². The van der Waals surface area contributed by atoms with Crippen molar-refractivity contribution in [3.8, 4) is 11.1 Å². The molecule has 1 N–H and O–H groups in total. The van der Waals surface area contributed by atoms with Gasteiger partial charge in [-0.1, -0.05) is 61.0 Å². The van der Waals surface area contributed by atoms with Gasteiger partial charge in [0.2, 0.25) is 0 Å². The van der Waals surface area contributed by atoms with Crippen LogP contribution in [0.5, 0.6) is 0 Å². The van der Waals surface area contributed by atoms with Crippen LogP contribution in [0, 0.1) is 0 Å². The topological polar surface area (TPSA) is 21.3 Å². The van der Waals surface area contributed by atoms with Crippen LogP contribution in [0.1, 0.15) is 31.2 Å². The lowest BCUT2D eigenvalue weighted by Gasteiger charge is -2.23. The predicted molar refractivity (Wildman–Crippen MR) is 91.8 cm³/mol. The van der Waals surface area contributed by atoms with Crippen molar-refractivity contribution in [3.05, 3.63) is 60.2 Å². The Labute approximate surface area is 133 Å². The molecule has 1 aliphatic rings. The lowest BCUT2D eigenvalue weighted by atomic mass is 10.0. The Kier molecular flexibility index (Phi) is 5.63. The monoisotopic (exact) mass is 295 g/mol. The third kappa shape index (κ3) is 4.43. The van der Waals surface area contributed by atoms with Gasteiger partial charge in [0.05, 0.1) is 6.61 Å². The first kappa shape index (κ1) is 15.3. The molecule has 3 rings (SSSR count). The highest BCUT2D eigenvalue weighted by Gasteiger charge is 2.11. The maximum absolute atomic E-state index is 5.83. The molecule has 0 radical (unpaired) electrons. The highest BCUT2D eigenvalue weighted by Crippen LogP contribution is 2.19. The van der Waals surface area contributed by atoms with E-state index in [2.05, 4.69) is 53.8 Å². The summed E-state index contributed by atoms with van der Waals surface area (Å²) in [6.45, 7) is 2.73. The molecule has 116 valence electrons. The molecule has 0 saturated carbocycles. The fourth-order valence-electron chi connectivity index (χ4n) is 3.01. The SMILES string of the molecule is c1ccc(-c2ccc(COCCC3CCCCN3)cc2)cc1. The van der Waals surface area contributed by atoms with Crippen LogP contribution in [-0.2, 0) is 11.3 Å². The van der Waals surface area contributed by atoms with E-state index in [9.17, 15) is 0 Å². The van der Waals surface area contributed by atoms with Crippen LogP contribution in [0.3, 0.4) is 0 Å². The first-order valence-corrected chi connectivity index (χ1v) is 8.37. The summed E-state index contributed by atoms with van der Waals surface area (Å²) in [5.41, 5.74) is 3.77. The summed E-state index contributed by atoms with van der Waals surface area (Å²) in [4.78, 5) is 0. The Morgan fingerprint density at radius 2 is 1.68 bits per heavy atom. The number of rotatable bonds is 6. The van der Waals surface area contributed by atoms with Gasteiger partial charge < -0.3 is 10.1 Å². The maximum atomic E-state index is 5.83. The fourth-order valence-corrected chi connectivity index (χ4v) is 3.01. The van der Waals surface area contributed by atoms with Gasteiger partial charge in [-0.25, -0.2) is 0 Å². The lowest BCUT2D eigenvalue weighted by Crippen LogP contribution is -2.34. The quantitative estimate of drug-likeness (QED) is 0.797. The number of piperidine rings is 1. The molecule has 1 aliphatic heterocycles. The average Bonchev–Trinajstić information content (AvgIpc) is 2.61. The van der Waals surface area contributed by atoms with Crippen molar-refractivity contribution in [2.45, 2.75) is 38.3 Å². The van der Waals surface area contributed by atoms with E-state index < -0.39 is 0 Å². The zero-order valence-corrected chi connectivity index (χ0v) is 13.1. The van der Waals surface area contributed by atoms with Gasteiger partial charge in [0.25, 0.3) is 0 Å². The highest BCUT2D eigenvalue weighted by atomic mass is 16.5. The zero-order valence-electron chi connectivity index (χ0n) is 13.1.